The fraction of sp³-hybridized carbons (Fsp3) is 0.533. The van der Waals surface area contributed by atoms with Crippen molar-refractivity contribution in [2.75, 3.05) is 19.8 Å². The number of hydrogen-bond donors (Lipinski definition) is 2. The van der Waals surface area contributed by atoms with Crippen LogP contribution in [0.3, 0.4) is 0 Å². The van der Waals surface area contributed by atoms with E-state index in [-0.39, 0.29) is 11.4 Å². The molecule has 0 spiro atoms. The van der Waals surface area contributed by atoms with Gasteiger partial charge in [0.2, 0.25) is 0 Å². The Morgan fingerprint density at radius 1 is 1.32 bits per heavy atom. The van der Waals surface area contributed by atoms with Gasteiger partial charge < -0.3 is 15.8 Å². The first-order chi connectivity index (χ1) is 9.06. The second-order valence-corrected chi connectivity index (χ2v) is 5.35. The lowest BCUT2D eigenvalue weighted by Crippen LogP contribution is -2.56. The van der Waals surface area contributed by atoms with Gasteiger partial charge in [0.05, 0.1) is 5.54 Å². The summed E-state index contributed by atoms with van der Waals surface area (Å²) in [6, 6.07) is 5.76. The highest BCUT2D eigenvalue weighted by Crippen LogP contribution is 2.20. The Balaban J connectivity index is 2.12. The molecule has 0 aliphatic carbocycles. The van der Waals surface area contributed by atoms with Crippen LogP contribution in [0.15, 0.2) is 18.2 Å². The first kappa shape index (κ1) is 14.0. The summed E-state index contributed by atoms with van der Waals surface area (Å²) in [6.07, 6.45) is 1.56. The molecule has 0 saturated carbocycles. The Morgan fingerprint density at radius 3 is 2.58 bits per heavy atom. The fourth-order valence-electron chi connectivity index (χ4n) is 2.34. The van der Waals surface area contributed by atoms with Gasteiger partial charge in [-0.15, -0.1) is 0 Å². The Morgan fingerprint density at radius 2 is 2.00 bits per heavy atom. The van der Waals surface area contributed by atoms with Crippen molar-refractivity contribution in [3.63, 3.8) is 0 Å². The van der Waals surface area contributed by atoms with Crippen molar-refractivity contribution in [1.82, 2.24) is 5.32 Å². The predicted octanol–water partition coefficient (Wildman–Crippen LogP) is 1.54. The molecule has 1 heterocycles. The van der Waals surface area contributed by atoms with Gasteiger partial charge in [-0.05, 0) is 49.9 Å². The number of carbonyl (C=O) groups excluding carboxylic acids is 1. The quantitative estimate of drug-likeness (QED) is 0.868. The summed E-state index contributed by atoms with van der Waals surface area (Å²) in [5.41, 5.74) is 8.55. The maximum atomic E-state index is 12.3. The highest BCUT2D eigenvalue weighted by atomic mass is 16.5. The summed E-state index contributed by atoms with van der Waals surface area (Å²) in [7, 11) is 0. The molecule has 1 aromatic carbocycles. The molecule has 0 radical (unpaired) electrons. The van der Waals surface area contributed by atoms with E-state index in [0.717, 1.165) is 18.4 Å². The van der Waals surface area contributed by atoms with Crippen molar-refractivity contribution in [2.24, 2.45) is 5.73 Å². The molecule has 4 heteroatoms. The molecule has 1 saturated heterocycles. The van der Waals surface area contributed by atoms with Crippen LogP contribution in [-0.4, -0.2) is 31.2 Å². The van der Waals surface area contributed by atoms with Crippen LogP contribution in [0.25, 0.3) is 0 Å². The van der Waals surface area contributed by atoms with E-state index in [1.165, 1.54) is 5.56 Å². The molecule has 1 aliphatic heterocycles. The van der Waals surface area contributed by atoms with Crippen molar-refractivity contribution in [1.29, 1.82) is 0 Å². The van der Waals surface area contributed by atoms with Gasteiger partial charge in [-0.25, -0.2) is 0 Å². The van der Waals surface area contributed by atoms with E-state index >= 15 is 0 Å². The Kier molecular flexibility index (Phi) is 4.22. The number of rotatable bonds is 3. The molecule has 19 heavy (non-hydrogen) atoms. The average molecular weight is 262 g/mol. The number of benzene rings is 1. The van der Waals surface area contributed by atoms with Crippen LogP contribution in [0.5, 0.6) is 0 Å². The van der Waals surface area contributed by atoms with E-state index in [9.17, 15) is 4.79 Å². The summed E-state index contributed by atoms with van der Waals surface area (Å²) >= 11 is 0. The number of ether oxygens (including phenoxy) is 1. The number of nitrogens with one attached hydrogen (secondary N) is 1. The highest BCUT2D eigenvalue weighted by molar-refractivity contribution is 5.95. The van der Waals surface area contributed by atoms with E-state index < -0.39 is 0 Å². The predicted molar refractivity (Wildman–Crippen MR) is 75.2 cm³/mol. The minimum Gasteiger partial charge on any atom is -0.381 e. The number of hydrogen-bond acceptors (Lipinski definition) is 3. The van der Waals surface area contributed by atoms with Crippen LogP contribution in [0.1, 0.15) is 34.3 Å². The van der Waals surface area contributed by atoms with Crippen molar-refractivity contribution in [3.05, 3.63) is 34.9 Å². The van der Waals surface area contributed by atoms with E-state index in [2.05, 4.69) is 5.32 Å². The molecule has 0 atom stereocenters. The summed E-state index contributed by atoms with van der Waals surface area (Å²) in [5, 5.41) is 3.10. The molecule has 0 unspecified atom stereocenters. The highest BCUT2D eigenvalue weighted by Gasteiger charge is 2.32. The van der Waals surface area contributed by atoms with Crippen LogP contribution in [0.2, 0.25) is 0 Å². The Labute approximate surface area is 114 Å². The first-order valence-electron chi connectivity index (χ1n) is 6.74. The zero-order chi connectivity index (χ0) is 13.9. The van der Waals surface area contributed by atoms with Gasteiger partial charge in [-0.1, -0.05) is 6.07 Å². The molecule has 1 aliphatic rings. The third-order valence-corrected chi connectivity index (χ3v) is 3.99. The molecule has 2 rings (SSSR count). The minimum atomic E-state index is -0.311. The maximum absolute atomic E-state index is 12.3. The summed E-state index contributed by atoms with van der Waals surface area (Å²) in [6.45, 7) is 5.82. The van der Waals surface area contributed by atoms with Gasteiger partial charge in [-0.2, -0.15) is 0 Å². The molecule has 0 bridgehead atoms. The van der Waals surface area contributed by atoms with Gasteiger partial charge in [-0.3, -0.25) is 4.79 Å². The van der Waals surface area contributed by atoms with Gasteiger partial charge in [0.1, 0.15) is 0 Å². The topological polar surface area (TPSA) is 64.4 Å². The number of amides is 1. The molecular weight excluding hydrogens is 240 g/mol. The van der Waals surface area contributed by atoms with Crippen molar-refractivity contribution < 1.29 is 9.53 Å². The van der Waals surface area contributed by atoms with E-state index in [1.807, 2.05) is 32.0 Å². The lowest BCUT2D eigenvalue weighted by Gasteiger charge is -2.37. The first-order valence-corrected chi connectivity index (χ1v) is 6.74. The summed E-state index contributed by atoms with van der Waals surface area (Å²) < 4.78 is 5.34. The van der Waals surface area contributed by atoms with Crippen LogP contribution >= 0.6 is 0 Å². The minimum absolute atomic E-state index is 0.0459. The van der Waals surface area contributed by atoms with Crippen LogP contribution in [-0.2, 0) is 4.74 Å². The second kappa shape index (κ2) is 5.72. The maximum Gasteiger partial charge on any atom is 0.251 e. The number of aryl methyl sites for hydroxylation is 2. The standard InChI is InChI=1S/C15H22N2O2/c1-11-3-4-13(9-12(11)2)14(18)17-15(10-16)5-7-19-8-6-15/h3-4,9H,5-8,10,16H2,1-2H3,(H,17,18). The van der Waals surface area contributed by atoms with Crippen molar-refractivity contribution >= 4 is 5.91 Å². The lowest BCUT2D eigenvalue weighted by molar-refractivity contribution is 0.0388. The Hall–Kier alpha value is -1.39. The second-order valence-electron chi connectivity index (χ2n) is 5.35. The normalized spacial score (nSPS) is 18.1. The zero-order valence-corrected chi connectivity index (χ0v) is 11.7. The monoisotopic (exact) mass is 262 g/mol. The molecule has 1 aromatic rings. The van der Waals surface area contributed by atoms with Gasteiger partial charge >= 0.3 is 0 Å². The SMILES string of the molecule is Cc1ccc(C(=O)NC2(CN)CCOCC2)cc1C. The fourth-order valence-corrected chi connectivity index (χ4v) is 2.34. The van der Waals surface area contributed by atoms with Crippen LogP contribution in [0.4, 0.5) is 0 Å². The van der Waals surface area contributed by atoms with Crippen LogP contribution < -0.4 is 11.1 Å². The molecule has 0 aromatic heterocycles. The Bertz CT molecular complexity index is 465. The molecule has 1 fully saturated rings. The van der Waals surface area contributed by atoms with E-state index in [4.69, 9.17) is 10.5 Å². The lowest BCUT2D eigenvalue weighted by atomic mass is 9.89. The van der Waals surface area contributed by atoms with Crippen molar-refractivity contribution in [3.8, 4) is 0 Å². The molecule has 4 nitrogen and oxygen atoms in total. The number of carbonyl (C=O) groups is 1. The van der Waals surface area contributed by atoms with Crippen molar-refractivity contribution in [2.45, 2.75) is 32.2 Å². The largest absolute Gasteiger partial charge is 0.381 e. The summed E-state index contributed by atoms with van der Waals surface area (Å²) in [5.74, 6) is -0.0459. The van der Waals surface area contributed by atoms with Gasteiger partial charge in [0.15, 0.2) is 0 Å². The summed E-state index contributed by atoms with van der Waals surface area (Å²) in [4.78, 5) is 12.3. The zero-order valence-electron chi connectivity index (χ0n) is 11.7. The molecule has 3 N–H and O–H groups in total. The molecular formula is C15H22N2O2. The third-order valence-electron chi connectivity index (χ3n) is 3.99. The van der Waals surface area contributed by atoms with Crippen LogP contribution in [0, 0.1) is 13.8 Å². The number of nitrogens with two attached hydrogens (primary N) is 1. The molecule has 104 valence electrons. The average Bonchev–Trinajstić information content (AvgIpc) is 2.43. The third kappa shape index (κ3) is 3.14. The van der Waals surface area contributed by atoms with E-state index in [1.54, 1.807) is 0 Å². The molecule has 1 amide bonds. The van der Waals surface area contributed by atoms with Gasteiger partial charge in [0, 0.05) is 25.3 Å². The van der Waals surface area contributed by atoms with Gasteiger partial charge in [0.25, 0.3) is 5.91 Å². The smallest absolute Gasteiger partial charge is 0.251 e. The van der Waals surface area contributed by atoms with E-state index in [0.29, 0.717) is 25.3 Å².